The Morgan fingerprint density at radius 3 is 2.49 bits per heavy atom. The molecule has 2 aliphatic heterocycles. The van der Waals surface area contributed by atoms with Gasteiger partial charge in [-0.1, -0.05) is 71.2 Å². The number of piperazine rings is 1. The number of hydrogen-bond acceptors (Lipinski definition) is 2. The fourth-order valence-corrected chi connectivity index (χ4v) is 6.81. The largest absolute Gasteiger partial charge is 0.489 e. The third kappa shape index (κ3) is 6.71. The number of carbonyl (C=O) groups excluding carboxylic acids is 1. The molecule has 4 N–H and O–H groups in total. The Morgan fingerprint density at radius 2 is 1.72 bits per heavy atom. The molecule has 0 spiro atoms. The topological polar surface area (TPSA) is 62.8 Å². The first-order valence-electron chi connectivity index (χ1n) is 14.8. The highest BCUT2D eigenvalue weighted by molar-refractivity contribution is 6.42. The molecule has 43 heavy (non-hydrogen) atoms. The van der Waals surface area contributed by atoms with Crippen molar-refractivity contribution in [3.05, 3.63) is 104 Å². The van der Waals surface area contributed by atoms with Crippen molar-refractivity contribution in [2.24, 2.45) is 0 Å². The van der Waals surface area contributed by atoms with E-state index in [-0.39, 0.29) is 35.4 Å². The number of halogens is 5. The van der Waals surface area contributed by atoms with Gasteiger partial charge in [0.1, 0.15) is 30.0 Å². The summed E-state index contributed by atoms with van der Waals surface area (Å²) in [5.41, 5.74) is 5.05. The van der Waals surface area contributed by atoms with E-state index in [0.29, 0.717) is 35.5 Å². The number of benzene rings is 3. The van der Waals surface area contributed by atoms with Crippen LogP contribution in [0.3, 0.4) is 0 Å². The van der Waals surface area contributed by atoms with Crippen LogP contribution in [0.4, 0.5) is 8.78 Å². The molecule has 0 radical (unpaired) electrons. The van der Waals surface area contributed by atoms with Crippen LogP contribution >= 0.6 is 34.8 Å². The quantitative estimate of drug-likeness (QED) is 0.236. The maximum Gasteiger partial charge on any atom is 0.256 e. The van der Waals surface area contributed by atoms with Gasteiger partial charge in [-0.15, -0.1) is 0 Å². The van der Waals surface area contributed by atoms with E-state index in [1.807, 2.05) is 17.0 Å². The van der Waals surface area contributed by atoms with E-state index >= 15 is 0 Å². The molecule has 10 heteroatoms. The first-order valence-corrected chi connectivity index (χ1v) is 15.9. The highest BCUT2D eigenvalue weighted by Crippen LogP contribution is 2.36. The van der Waals surface area contributed by atoms with Crippen molar-refractivity contribution in [3.63, 3.8) is 0 Å². The molecule has 2 bridgehead atoms. The van der Waals surface area contributed by atoms with Crippen molar-refractivity contribution in [2.75, 3.05) is 19.7 Å². The van der Waals surface area contributed by atoms with E-state index in [1.165, 1.54) is 0 Å². The van der Waals surface area contributed by atoms with Gasteiger partial charge in [0.05, 0.1) is 22.2 Å². The first-order chi connectivity index (χ1) is 20.8. The van der Waals surface area contributed by atoms with E-state index < -0.39 is 11.6 Å². The molecule has 1 amide bonds. The smallest absolute Gasteiger partial charge is 0.256 e. The van der Waals surface area contributed by atoms with Crippen LogP contribution in [0.25, 0.3) is 5.57 Å². The zero-order chi connectivity index (χ0) is 30.1. The Morgan fingerprint density at radius 1 is 0.953 bits per heavy atom. The monoisotopic (exact) mass is 647 g/mol. The zero-order valence-corrected chi connectivity index (χ0v) is 25.9. The van der Waals surface area contributed by atoms with Crippen molar-refractivity contribution in [1.82, 2.24) is 4.90 Å². The minimum absolute atomic E-state index is 0.0907. The molecular weight excluding hydrogens is 615 g/mol. The van der Waals surface area contributed by atoms with Crippen LogP contribution < -0.4 is 15.4 Å². The number of quaternary nitrogens is 2. The molecule has 2 heterocycles. The van der Waals surface area contributed by atoms with Crippen molar-refractivity contribution < 1.29 is 28.9 Å². The van der Waals surface area contributed by atoms with Gasteiger partial charge < -0.3 is 20.3 Å². The van der Waals surface area contributed by atoms with Crippen LogP contribution in [-0.2, 0) is 17.8 Å². The molecule has 1 saturated heterocycles. The lowest BCUT2D eigenvalue weighted by Gasteiger charge is -2.36. The number of ether oxygens (including phenoxy) is 1. The summed E-state index contributed by atoms with van der Waals surface area (Å²) in [6, 6.07) is 16.6. The van der Waals surface area contributed by atoms with Crippen LogP contribution in [0.2, 0.25) is 15.1 Å². The number of amides is 1. The molecule has 5 nitrogen and oxygen atoms in total. The van der Waals surface area contributed by atoms with E-state index in [0.717, 1.165) is 72.3 Å². The minimum atomic E-state index is -0.711. The normalized spacial score (nSPS) is 19.8. The second-order valence-corrected chi connectivity index (χ2v) is 12.8. The fourth-order valence-electron chi connectivity index (χ4n) is 6.22. The molecule has 1 aliphatic carbocycles. The van der Waals surface area contributed by atoms with Gasteiger partial charge in [-0.05, 0) is 66.1 Å². The summed E-state index contributed by atoms with van der Waals surface area (Å²) >= 11 is 18.7. The SMILES string of the molecule is O=C(C1=C(c2ccc(CCCOc3c(F)ccc(F)c3Cl)cc2)C[C@H]2C[NH2+]C[C@@H]1[NH2+]2)N(Cc1cccc(Cl)c1Cl)C1CC1. The Balaban J connectivity index is 1.20. The minimum Gasteiger partial charge on any atom is -0.489 e. The lowest BCUT2D eigenvalue weighted by Crippen LogP contribution is -3.12. The number of hydrogen-bond donors (Lipinski definition) is 2. The van der Waals surface area contributed by atoms with E-state index in [2.05, 4.69) is 34.9 Å². The molecule has 2 fully saturated rings. The third-order valence-corrected chi connectivity index (χ3v) is 9.78. The number of nitrogens with zero attached hydrogens (tertiary/aromatic N) is 1. The molecule has 0 aromatic heterocycles. The summed E-state index contributed by atoms with van der Waals surface area (Å²) in [6.45, 7) is 2.53. The number of carbonyl (C=O) groups is 1. The summed E-state index contributed by atoms with van der Waals surface area (Å²) in [5, 5.41) is 5.35. The van der Waals surface area contributed by atoms with Gasteiger partial charge in [-0.3, -0.25) is 4.79 Å². The van der Waals surface area contributed by atoms with Crippen LogP contribution in [0, 0.1) is 11.6 Å². The third-order valence-electron chi connectivity index (χ3n) is 8.57. The summed E-state index contributed by atoms with van der Waals surface area (Å²) in [6.07, 6.45) is 4.12. The predicted molar refractivity (Wildman–Crippen MR) is 164 cm³/mol. The first kappa shape index (κ1) is 30.4. The second-order valence-electron chi connectivity index (χ2n) is 11.6. The molecule has 6 rings (SSSR count). The van der Waals surface area contributed by atoms with Crippen molar-refractivity contribution in [3.8, 4) is 5.75 Å². The lowest BCUT2D eigenvalue weighted by molar-refractivity contribution is -0.829. The van der Waals surface area contributed by atoms with Crippen molar-refractivity contribution in [2.45, 2.75) is 56.8 Å². The summed E-state index contributed by atoms with van der Waals surface area (Å²) < 4.78 is 33.1. The molecule has 226 valence electrons. The van der Waals surface area contributed by atoms with Gasteiger partial charge in [-0.2, -0.15) is 0 Å². The number of rotatable bonds is 10. The molecule has 0 unspecified atom stereocenters. The highest BCUT2D eigenvalue weighted by Gasteiger charge is 2.44. The van der Waals surface area contributed by atoms with Crippen LogP contribution in [0.5, 0.6) is 5.75 Å². The van der Waals surface area contributed by atoms with E-state index in [9.17, 15) is 13.6 Å². The Hall–Kier alpha value is -2.68. The summed E-state index contributed by atoms with van der Waals surface area (Å²) in [4.78, 5) is 16.4. The van der Waals surface area contributed by atoms with E-state index in [4.69, 9.17) is 39.5 Å². The van der Waals surface area contributed by atoms with E-state index in [1.54, 1.807) is 6.07 Å². The Kier molecular flexibility index (Phi) is 9.27. The van der Waals surface area contributed by atoms with Gasteiger partial charge in [-0.25, -0.2) is 8.78 Å². The number of aryl methyl sites for hydroxylation is 1. The lowest BCUT2D eigenvalue weighted by atomic mass is 9.83. The zero-order valence-electron chi connectivity index (χ0n) is 23.6. The highest BCUT2D eigenvalue weighted by atomic mass is 35.5. The van der Waals surface area contributed by atoms with Gasteiger partial charge in [0, 0.05) is 19.0 Å². The van der Waals surface area contributed by atoms with Gasteiger partial charge >= 0.3 is 0 Å². The second kappa shape index (κ2) is 13.1. The standard InChI is InChI=1S/C33H32Cl3F2N3O2/c34-25-5-1-4-21(30(25)35)18-41(23-10-11-23)33(42)29-24(15-22-16-39-17-28(29)40-22)20-8-6-19(7-9-20)3-2-14-43-32-27(38)13-12-26(37)31(32)36/h1,4-9,12-13,22-23,28,39-40H,2-3,10-11,14-18H2/p+2/t22-,28-/m0/s1. The van der Waals surface area contributed by atoms with Crippen molar-refractivity contribution >= 4 is 46.3 Å². The Labute approximate surface area is 265 Å². The molecule has 3 aromatic rings. The summed E-state index contributed by atoms with van der Waals surface area (Å²) in [7, 11) is 0. The summed E-state index contributed by atoms with van der Waals surface area (Å²) in [5.74, 6) is -1.56. The molecule has 3 aliphatic rings. The molecule has 3 aromatic carbocycles. The van der Waals surface area contributed by atoms with Crippen LogP contribution in [0.15, 0.2) is 60.2 Å². The number of fused-ring (bicyclic) bond motifs is 2. The van der Waals surface area contributed by atoms with Gasteiger partial charge in [0.2, 0.25) is 0 Å². The molecule has 1 saturated carbocycles. The Bertz CT molecular complexity index is 1550. The maximum atomic E-state index is 14.4. The molecule has 2 atom stereocenters. The van der Waals surface area contributed by atoms with Gasteiger partial charge in [0.15, 0.2) is 17.6 Å². The van der Waals surface area contributed by atoms with Crippen molar-refractivity contribution in [1.29, 1.82) is 0 Å². The fraction of sp³-hybridized carbons (Fsp3) is 0.364. The van der Waals surface area contributed by atoms with Crippen LogP contribution in [-0.4, -0.2) is 48.6 Å². The molecular formula is C33H34Cl3F2N3O2+2. The average Bonchev–Trinajstić information content (AvgIpc) is 3.85. The number of nitrogens with two attached hydrogens (primary N) is 2. The maximum absolute atomic E-state index is 14.4. The van der Waals surface area contributed by atoms with Gasteiger partial charge in [0.25, 0.3) is 5.91 Å². The van der Waals surface area contributed by atoms with Crippen LogP contribution in [0.1, 0.15) is 42.4 Å². The average molecular weight is 649 g/mol. The predicted octanol–water partition coefficient (Wildman–Crippen LogP) is 5.16.